The number of fused-ring (bicyclic) bond motifs is 2. The lowest BCUT2D eigenvalue weighted by Crippen LogP contribution is -2.51. The third kappa shape index (κ3) is 5.96. The van der Waals surface area contributed by atoms with E-state index in [9.17, 15) is 0 Å². The van der Waals surface area contributed by atoms with Gasteiger partial charge in [0.05, 0.1) is 26.4 Å². The Morgan fingerprint density at radius 3 is 1.61 bits per heavy atom. The number of nitrogens with one attached hydrogen (secondary N) is 2. The van der Waals surface area contributed by atoms with Gasteiger partial charge in [-0.1, -0.05) is 36.4 Å². The van der Waals surface area contributed by atoms with Crippen molar-refractivity contribution >= 4 is 21.8 Å². The first-order chi connectivity index (χ1) is 17.7. The van der Waals surface area contributed by atoms with E-state index in [1.54, 1.807) is 0 Å². The number of hydrogen-bond donors (Lipinski definition) is 4. The van der Waals surface area contributed by atoms with Crippen LogP contribution in [0.4, 0.5) is 0 Å². The molecule has 2 aromatic carbocycles. The predicted octanol–water partition coefficient (Wildman–Crippen LogP) is 3.14. The average molecular weight is 495 g/mol. The van der Waals surface area contributed by atoms with E-state index in [0.717, 1.165) is 33.2 Å². The van der Waals surface area contributed by atoms with Crippen molar-refractivity contribution in [3.63, 3.8) is 0 Å². The molecule has 1 aliphatic rings. The molecule has 5 rings (SSSR count). The molecule has 0 aliphatic carbocycles. The Bertz CT molecular complexity index is 1080. The Morgan fingerprint density at radius 2 is 1.17 bits per heavy atom. The van der Waals surface area contributed by atoms with E-state index < -0.39 is 12.6 Å². The molecular weight excluding hydrogens is 460 g/mol. The van der Waals surface area contributed by atoms with Crippen LogP contribution in [0.15, 0.2) is 60.7 Å². The van der Waals surface area contributed by atoms with E-state index in [1.807, 2.05) is 36.4 Å². The van der Waals surface area contributed by atoms with Gasteiger partial charge in [-0.05, 0) is 35.0 Å². The van der Waals surface area contributed by atoms with Crippen molar-refractivity contribution in [1.82, 2.24) is 9.97 Å². The van der Waals surface area contributed by atoms with Crippen molar-refractivity contribution in [2.75, 3.05) is 26.3 Å². The van der Waals surface area contributed by atoms with Crippen molar-refractivity contribution in [1.29, 1.82) is 0 Å². The summed E-state index contributed by atoms with van der Waals surface area (Å²) < 4.78 is 30.7. The maximum Gasteiger partial charge on any atom is 0.187 e. The number of hydrogen-bond acceptors (Lipinski definition) is 7. The summed E-state index contributed by atoms with van der Waals surface area (Å²) in [7, 11) is 0. The Kier molecular flexibility index (Phi) is 8.29. The zero-order chi connectivity index (χ0) is 24.7. The molecule has 0 spiro atoms. The second kappa shape index (κ2) is 12.0. The highest BCUT2D eigenvalue weighted by molar-refractivity contribution is 5.80. The van der Waals surface area contributed by atoms with E-state index in [0.29, 0.717) is 45.9 Å². The average Bonchev–Trinajstić information content (AvgIpc) is 3.52. The number of ether oxygens (including phenoxy) is 5. The molecule has 0 radical (unpaired) electrons. The molecule has 192 valence electrons. The highest BCUT2D eigenvalue weighted by Gasteiger charge is 2.41. The van der Waals surface area contributed by atoms with Crippen LogP contribution in [-0.4, -0.2) is 61.1 Å². The van der Waals surface area contributed by atoms with Gasteiger partial charge in [0.25, 0.3) is 0 Å². The third-order valence-corrected chi connectivity index (χ3v) is 6.22. The summed E-state index contributed by atoms with van der Waals surface area (Å²) in [6, 6.07) is 20.4. The number of benzene rings is 2. The fraction of sp³-hybridized carbons (Fsp3) is 0.407. The van der Waals surface area contributed by atoms with Crippen LogP contribution in [-0.2, 0) is 36.9 Å². The quantitative estimate of drug-likeness (QED) is 0.238. The molecule has 0 amide bonds. The molecule has 6 N–H and O–H groups in total. The molecule has 4 atom stereocenters. The SMILES string of the molecule is NCCO[C@H]1C[C@@H](OCCN)[C@H](OCc2cc3ccccc3[nH]2)O[C@@H]1OCc1cc2ccccc2[nH]1. The van der Waals surface area contributed by atoms with Gasteiger partial charge in [-0.3, -0.25) is 0 Å². The highest BCUT2D eigenvalue weighted by Crippen LogP contribution is 2.29. The van der Waals surface area contributed by atoms with Crippen LogP contribution in [0.5, 0.6) is 0 Å². The van der Waals surface area contributed by atoms with E-state index in [-0.39, 0.29) is 12.2 Å². The molecule has 36 heavy (non-hydrogen) atoms. The van der Waals surface area contributed by atoms with Gasteiger partial charge >= 0.3 is 0 Å². The number of aromatic nitrogens is 2. The molecule has 0 bridgehead atoms. The van der Waals surface area contributed by atoms with Gasteiger partial charge < -0.3 is 45.1 Å². The first kappa shape index (κ1) is 24.9. The number of para-hydroxylation sites is 2. The highest BCUT2D eigenvalue weighted by atomic mass is 16.8. The predicted molar refractivity (Wildman–Crippen MR) is 137 cm³/mol. The van der Waals surface area contributed by atoms with E-state index in [4.69, 9.17) is 35.2 Å². The van der Waals surface area contributed by atoms with Gasteiger partial charge in [0.2, 0.25) is 0 Å². The molecule has 1 aliphatic heterocycles. The molecule has 9 heteroatoms. The van der Waals surface area contributed by atoms with Crippen LogP contribution < -0.4 is 11.5 Å². The summed E-state index contributed by atoms with van der Waals surface area (Å²) in [6.07, 6.45) is -1.46. The minimum atomic E-state index is -0.645. The Morgan fingerprint density at radius 1 is 0.694 bits per heavy atom. The van der Waals surface area contributed by atoms with Crippen LogP contribution >= 0.6 is 0 Å². The minimum Gasteiger partial charge on any atom is -0.372 e. The van der Waals surface area contributed by atoms with Crippen molar-refractivity contribution in [2.24, 2.45) is 11.5 Å². The van der Waals surface area contributed by atoms with Crippen molar-refractivity contribution < 1.29 is 23.7 Å². The molecule has 0 unspecified atom stereocenters. The molecule has 9 nitrogen and oxygen atoms in total. The summed E-state index contributed by atoms with van der Waals surface area (Å²) in [5.74, 6) is 0. The summed E-state index contributed by atoms with van der Waals surface area (Å²) in [5, 5.41) is 2.26. The maximum absolute atomic E-state index is 6.29. The summed E-state index contributed by atoms with van der Waals surface area (Å²) >= 11 is 0. The Balaban J connectivity index is 1.28. The van der Waals surface area contributed by atoms with Gasteiger partial charge in [-0.25, -0.2) is 0 Å². The summed E-state index contributed by atoms with van der Waals surface area (Å²) in [5.41, 5.74) is 15.4. The van der Waals surface area contributed by atoms with Crippen molar-refractivity contribution in [3.05, 3.63) is 72.1 Å². The fourth-order valence-corrected chi connectivity index (χ4v) is 4.55. The van der Waals surface area contributed by atoms with Gasteiger partial charge in [-0.2, -0.15) is 0 Å². The minimum absolute atomic E-state index is 0.338. The fourth-order valence-electron chi connectivity index (χ4n) is 4.55. The van der Waals surface area contributed by atoms with Gasteiger partial charge in [0.1, 0.15) is 12.2 Å². The largest absolute Gasteiger partial charge is 0.372 e. The molecule has 0 saturated carbocycles. The number of H-pyrrole nitrogens is 2. The van der Waals surface area contributed by atoms with Gasteiger partial charge in [0, 0.05) is 41.9 Å². The molecule has 1 saturated heterocycles. The van der Waals surface area contributed by atoms with Gasteiger partial charge in [-0.15, -0.1) is 0 Å². The van der Waals surface area contributed by atoms with Crippen LogP contribution in [0.1, 0.15) is 17.8 Å². The lowest BCUT2D eigenvalue weighted by atomic mass is 10.1. The molecule has 3 heterocycles. The topological polar surface area (TPSA) is 130 Å². The van der Waals surface area contributed by atoms with Crippen LogP contribution in [0.3, 0.4) is 0 Å². The number of aromatic amines is 2. The normalized spacial score (nSPS) is 22.5. The summed E-state index contributed by atoms with van der Waals surface area (Å²) in [4.78, 5) is 6.77. The Labute approximate surface area is 210 Å². The third-order valence-electron chi connectivity index (χ3n) is 6.22. The van der Waals surface area contributed by atoms with E-state index >= 15 is 0 Å². The van der Waals surface area contributed by atoms with E-state index in [1.165, 1.54) is 0 Å². The smallest absolute Gasteiger partial charge is 0.187 e. The van der Waals surface area contributed by atoms with E-state index in [2.05, 4.69) is 34.2 Å². The Hall–Kier alpha value is -2.76. The first-order valence-electron chi connectivity index (χ1n) is 12.4. The summed E-state index contributed by atoms with van der Waals surface area (Å²) in [6.45, 7) is 2.27. The van der Waals surface area contributed by atoms with Crippen LogP contribution in [0, 0.1) is 0 Å². The van der Waals surface area contributed by atoms with Gasteiger partial charge in [0.15, 0.2) is 12.6 Å². The van der Waals surface area contributed by atoms with Crippen molar-refractivity contribution in [2.45, 2.75) is 44.4 Å². The lowest BCUT2D eigenvalue weighted by molar-refractivity contribution is -0.340. The first-order valence-corrected chi connectivity index (χ1v) is 12.4. The van der Waals surface area contributed by atoms with Crippen LogP contribution in [0.2, 0.25) is 0 Å². The zero-order valence-corrected chi connectivity index (χ0v) is 20.2. The molecule has 4 aromatic rings. The second-order valence-electron chi connectivity index (χ2n) is 8.89. The molecule has 2 aromatic heterocycles. The standard InChI is InChI=1S/C27H34N4O5/c28-9-11-32-24-15-25(33-12-10-29)27(35-17-21-14-19-6-2-4-8-23(19)31-21)36-26(24)34-16-20-13-18-5-1-3-7-22(18)30-20/h1-8,13-14,24-27,30-31H,9-12,15-17,28-29H2/t24-,25+,26-,27+. The monoisotopic (exact) mass is 494 g/mol. The number of rotatable bonds is 12. The lowest BCUT2D eigenvalue weighted by Gasteiger charge is -2.40. The maximum atomic E-state index is 6.29. The zero-order valence-electron chi connectivity index (χ0n) is 20.2. The molecular formula is C27H34N4O5. The molecule has 1 fully saturated rings. The van der Waals surface area contributed by atoms with Crippen LogP contribution in [0.25, 0.3) is 21.8 Å². The van der Waals surface area contributed by atoms with Crippen molar-refractivity contribution in [3.8, 4) is 0 Å². The second-order valence-corrected chi connectivity index (χ2v) is 8.89. The number of nitrogens with two attached hydrogens (primary N) is 2.